The summed E-state index contributed by atoms with van der Waals surface area (Å²) in [4.78, 5) is 18.7. The van der Waals surface area contributed by atoms with Gasteiger partial charge in [-0.15, -0.1) is 0 Å². The molecule has 0 saturated carbocycles. The van der Waals surface area contributed by atoms with Crippen molar-refractivity contribution in [2.45, 2.75) is 26.7 Å². The van der Waals surface area contributed by atoms with E-state index in [4.69, 9.17) is 15.5 Å². The van der Waals surface area contributed by atoms with Crippen LogP contribution in [0.15, 0.2) is 0 Å². The molecule has 0 aromatic carbocycles. The van der Waals surface area contributed by atoms with Crippen LogP contribution < -0.4 is 0 Å². The first kappa shape index (κ1) is 16.8. The van der Waals surface area contributed by atoms with Crippen molar-refractivity contribution in [3.05, 3.63) is 0 Å². The molecule has 0 saturated heterocycles. The van der Waals surface area contributed by atoms with Gasteiger partial charge in [0.1, 0.15) is 0 Å². The molecule has 0 radical (unpaired) electrons. The zero-order valence-corrected chi connectivity index (χ0v) is 7.15. The minimum Gasteiger partial charge on any atom is -0.481 e. The van der Waals surface area contributed by atoms with Gasteiger partial charge in [-0.1, -0.05) is 13.8 Å². The van der Waals surface area contributed by atoms with E-state index in [0.717, 1.165) is 0 Å². The summed E-state index contributed by atoms with van der Waals surface area (Å²) in [5.74, 6) is -1.49. The molecule has 0 spiro atoms. The van der Waals surface area contributed by atoms with Gasteiger partial charge in [-0.3, -0.25) is 9.59 Å². The topological polar surface area (TPSA) is 98.4 Å². The van der Waals surface area contributed by atoms with Crippen molar-refractivity contribution in [2.24, 2.45) is 0 Å². The van der Waals surface area contributed by atoms with E-state index in [1.54, 1.807) is 13.8 Å². The number of carboxylic acids is 2. The summed E-state index contributed by atoms with van der Waals surface area (Å²) >= 11 is 0. The Bertz CT molecular complexity index is 128. The molecule has 0 heterocycles. The third-order valence-corrected chi connectivity index (χ3v) is 0.605. The lowest BCUT2D eigenvalue weighted by Gasteiger charge is -1.71. The Hall–Kier alpha value is -1.57. The number of rotatable bonds is 2. The first-order valence-electron chi connectivity index (χ1n) is 3.23. The highest BCUT2D eigenvalue weighted by Gasteiger charge is 1.81. The molecule has 70 valence electrons. The van der Waals surface area contributed by atoms with Crippen LogP contribution in [-0.4, -0.2) is 22.2 Å². The Labute approximate surface area is 71.2 Å². The number of carbonyl (C=O) groups is 2. The molecule has 0 fully saturated rings. The number of nitriles is 1. The van der Waals surface area contributed by atoms with Gasteiger partial charge in [0.2, 0.25) is 0 Å². The Morgan fingerprint density at radius 2 is 1.17 bits per heavy atom. The molecule has 0 amide bonds. The van der Waals surface area contributed by atoms with Gasteiger partial charge >= 0.3 is 11.9 Å². The molecule has 0 aromatic heterocycles. The van der Waals surface area contributed by atoms with Crippen molar-refractivity contribution in [1.29, 1.82) is 5.26 Å². The van der Waals surface area contributed by atoms with E-state index in [-0.39, 0.29) is 12.8 Å². The van der Waals surface area contributed by atoms with E-state index in [1.807, 2.05) is 0 Å². The van der Waals surface area contributed by atoms with Crippen molar-refractivity contribution in [3.63, 3.8) is 0 Å². The summed E-state index contributed by atoms with van der Waals surface area (Å²) in [6.07, 6.45) is 0.444. The molecule has 2 N–H and O–H groups in total. The van der Waals surface area contributed by atoms with Crippen LogP contribution in [0, 0.1) is 11.8 Å². The quantitative estimate of drug-likeness (QED) is 0.654. The first-order valence-corrected chi connectivity index (χ1v) is 3.23. The number of nitrogens with zero attached hydrogens (tertiary/aromatic N) is 1. The molecule has 0 aliphatic carbocycles. The summed E-state index contributed by atoms with van der Waals surface area (Å²) in [6, 6.07) is 0. The third-order valence-electron chi connectivity index (χ3n) is 0.605. The first-order chi connectivity index (χ1) is 5.54. The fourth-order valence-corrected chi connectivity index (χ4v) is 0. The van der Waals surface area contributed by atoms with Crippen molar-refractivity contribution >= 4 is 11.9 Å². The Morgan fingerprint density at radius 3 is 1.17 bits per heavy atom. The van der Waals surface area contributed by atoms with Gasteiger partial charge in [0.15, 0.2) is 0 Å². The van der Waals surface area contributed by atoms with Crippen molar-refractivity contribution in [1.82, 2.24) is 0 Å². The highest BCUT2D eigenvalue weighted by atomic mass is 16.4. The van der Waals surface area contributed by atoms with Crippen LogP contribution >= 0.6 is 0 Å². The molecule has 0 rings (SSSR count). The molecule has 0 unspecified atom stereocenters. The van der Waals surface area contributed by atoms with Crippen molar-refractivity contribution < 1.29 is 19.8 Å². The highest BCUT2D eigenvalue weighted by Crippen LogP contribution is 1.67. The van der Waals surface area contributed by atoms with Crippen LogP contribution in [0.5, 0.6) is 0 Å². The lowest BCUT2D eigenvalue weighted by atomic mass is 10.5. The van der Waals surface area contributed by atoms with Crippen LogP contribution in [0.3, 0.4) is 0 Å². The summed E-state index contributed by atoms with van der Waals surface area (Å²) in [7, 11) is 0. The van der Waals surface area contributed by atoms with Gasteiger partial charge in [0.25, 0.3) is 0 Å². The predicted octanol–water partition coefficient (Wildman–Crippen LogP) is 1.10. The molecular formula is C7H13NO4. The summed E-state index contributed by atoms with van der Waals surface area (Å²) in [6.45, 7) is 6.70. The van der Waals surface area contributed by atoms with E-state index in [2.05, 4.69) is 6.57 Å². The van der Waals surface area contributed by atoms with E-state index in [1.165, 1.54) is 0 Å². The average Bonchev–Trinajstić information content (AvgIpc) is 2.09. The van der Waals surface area contributed by atoms with Gasteiger partial charge in [0, 0.05) is 19.4 Å². The van der Waals surface area contributed by atoms with E-state index in [9.17, 15) is 9.59 Å². The van der Waals surface area contributed by atoms with Crippen molar-refractivity contribution in [2.75, 3.05) is 0 Å². The van der Waals surface area contributed by atoms with Crippen LogP contribution in [-0.2, 0) is 9.59 Å². The van der Waals surface area contributed by atoms with Gasteiger partial charge in [-0.25, -0.2) is 5.26 Å². The molecule has 12 heavy (non-hydrogen) atoms. The van der Waals surface area contributed by atoms with E-state index < -0.39 is 11.9 Å². The second-order valence-electron chi connectivity index (χ2n) is 1.49. The van der Waals surface area contributed by atoms with Gasteiger partial charge in [-0.05, 0) is 0 Å². The Balaban J connectivity index is -0.000000112. The number of carboxylic acid groups (broad SMARTS) is 2. The lowest BCUT2D eigenvalue weighted by Crippen LogP contribution is -1.86. The minimum atomic E-state index is -0.745. The lowest BCUT2D eigenvalue weighted by molar-refractivity contribution is -0.137. The van der Waals surface area contributed by atoms with Crippen LogP contribution in [0.1, 0.15) is 26.7 Å². The normalized spacial score (nSPS) is 6.33. The maximum Gasteiger partial charge on any atom is 0.303 e. The van der Waals surface area contributed by atoms with E-state index >= 15 is 0 Å². The SMILES string of the molecule is C#N.CCC(=O)O.CCC(=O)O. The average molecular weight is 175 g/mol. The Kier molecular flexibility index (Phi) is 22.7. The molecule has 0 aromatic rings. The number of aliphatic carboxylic acids is 2. The van der Waals surface area contributed by atoms with Crippen LogP contribution in [0.2, 0.25) is 0 Å². The second kappa shape index (κ2) is 16.2. The number of hydrogen-bond acceptors (Lipinski definition) is 3. The second-order valence-corrected chi connectivity index (χ2v) is 1.49. The molecule has 5 nitrogen and oxygen atoms in total. The van der Waals surface area contributed by atoms with Gasteiger partial charge in [-0.2, -0.15) is 0 Å². The van der Waals surface area contributed by atoms with Gasteiger partial charge < -0.3 is 10.2 Å². The number of hydrogen-bond donors (Lipinski definition) is 2. The monoisotopic (exact) mass is 175 g/mol. The van der Waals surface area contributed by atoms with E-state index in [0.29, 0.717) is 0 Å². The molecule has 5 heteroatoms. The third kappa shape index (κ3) is 78.8. The van der Waals surface area contributed by atoms with Crippen molar-refractivity contribution in [3.8, 4) is 6.57 Å². The zero-order valence-electron chi connectivity index (χ0n) is 7.15. The van der Waals surface area contributed by atoms with Crippen LogP contribution in [0.4, 0.5) is 0 Å². The minimum absolute atomic E-state index is 0.222. The van der Waals surface area contributed by atoms with Gasteiger partial charge in [0.05, 0.1) is 0 Å². The Morgan fingerprint density at radius 1 is 1.08 bits per heavy atom. The predicted molar refractivity (Wildman–Crippen MR) is 42.5 cm³/mol. The smallest absolute Gasteiger partial charge is 0.303 e. The maximum atomic E-state index is 9.37. The summed E-state index contributed by atoms with van der Waals surface area (Å²) in [5.41, 5.74) is 0. The molecular weight excluding hydrogens is 162 g/mol. The highest BCUT2D eigenvalue weighted by molar-refractivity contribution is 5.66. The maximum absolute atomic E-state index is 9.37. The fraction of sp³-hybridized carbons (Fsp3) is 0.571. The molecule has 0 bridgehead atoms. The molecule has 0 aliphatic rings. The molecule has 0 atom stereocenters. The fourth-order valence-electron chi connectivity index (χ4n) is 0. The largest absolute Gasteiger partial charge is 0.481 e. The van der Waals surface area contributed by atoms with Crippen LogP contribution in [0.25, 0.3) is 0 Å². The summed E-state index contributed by atoms with van der Waals surface area (Å²) in [5, 5.41) is 21.9. The summed E-state index contributed by atoms with van der Waals surface area (Å²) < 4.78 is 0. The molecule has 0 aliphatic heterocycles. The standard InChI is InChI=1S/2C3H6O2.CHN/c2*1-2-3(4)5;1-2/h2*2H2,1H3,(H,4,5);1H. The zero-order chi connectivity index (χ0) is 10.6.